The maximum atomic E-state index is 12.9. The van der Waals surface area contributed by atoms with Crippen LogP contribution < -0.4 is 24.6 Å². The molecule has 0 fully saturated rings. The van der Waals surface area contributed by atoms with E-state index in [2.05, 4.69) is 12.1 Å². The standard InChI is InChI=1S/C29H24O7/c1-32-25-15-18(7-9-24(25)34-12-10-17-6-8-22-19(14-17)11-13-33-22)21-16-26(30)36-28-20-4-2-3-5-23(20)35-29(31)27(21)28/h2-9,14-15,21H,10-13,16H2,1H3/t21-/m1/s1. The van der Waals surface area contributed by atoms with Gasteiger partial charge in [0.15, 0.2) is 17.2 Å². The topological polar surface area (TPSA) is 84.2 Å². The molecule has 2 aliphatic rings. The molecule has 0 saturated carbocycles. The van der Waals surface area contributed by atoms with Gasteiger partial charge in [-0.1, -0.05) is 30.3 Å². The number of carbonyl (C=O) groups is 1. The third kappa shape index (κ3) is 3.96. The first-order chi connectivity index (χ1) is 17.6. The van der Waals surface area contributed by atoms with Crippen LogP contribution in [0, 0.1) is 0 Å². The van der Waals surface area contributed by atoms with Crippen molar-refractivity contribution in [3.63, 3.8) is 0 Å². The Labute approximate surface area is 207 Å². The normalized spacial score (nSPS) is 16.1. The van der Waals surface area contributed by atoms with Crippen molar-refractivity contribution in [2.45, 2.75) is 25.2 Å². The third-order valence-electron chi connectivity index (χ3n) is 6.73. The number of ether oxygens (including phenoxy) is 4. The lowest BCUT2D eigenvalue weighted by Gasteiger charge is -2.25. The van der Waals surface area contributed by atoms with Crippen molar-refractivity contribution in [1.82, 2.24) is 0 Å². The molecule has 0 N–H and O–H groups in total. The molecule has 1 aromatic heterocycles. The van der Waals surface area contributed by atoms with Gasteiger partial charge in [0.25, 0.3) is 0 Å². The molecule has 1 atom stereocenters. The van der Waals surface area contributed by atoms with Gasteiger partial charge in [-0.3, -0.25) is 4.79 Å². The Morgan fingerprint density at radius 1 is 1.00 bits per heavy atom. The van der Waals surface area contributed by atoms with Gasteiger partial charge in [0.1, 0.15) is 11.3 Å². The van der Waals surface area contributed by atoms with Crippen LogP contribution in [0.4, 0.5) is 0 Å². The number of rotatable bonds is 6. The van der Waals surface area contributed by atoms with Crippen molar-refractivity contribution in [3.05, 3.63) is 93.3 Å². The minimum Gasteiger partial charge on any atom is -0.493 e. The van der Waals surface area contributed by atoms with Crippen molar-refractivity contribution in [3.8, 4) is 23.0 Å². The second-order valence-corrected chi connectivity index (χ2v) is 8.91. The zero-order valence-corrected chi connectivity index (χ0v) is 19.7. The van der Waals surface area contributed by atoms with Crippen molar-refractivity contribution in [1.29, 1.82) is 0 Å². The van der Waals surface area contributed by atoms with Gasteiger partial charge in [-0.25, -0.2) is 4.79 Å². The SMILES string of the molecule is COc1cc([C@H]2CC(=O)Oc3c2c(=O)oc2ccccc32)ccc1OCCc1ccc2c(c1)CCO2. The predicted molar refractivity (Wildman–Crippen MR) is 132 cm³/mol. The zero-order valence-electron chi connectivity index (χ0n) is 19.7. The Bertz CT molecular complexity index is 1530. The van der Waals surface area contributed by atoms with Crippen LogP contribution in [-0.4, -0.2) is 26.3 Å². The fraction of sp³-hybridized carbons (Fsp3) is 0.241. The van der Waals surface area contributed by atoms with Crippen LogP contribution in [-0.2, 0) is 17.6 Å². The number of carbonyl (C=O) groups excluding carboxylic acids is 1. The summed E-state index contributed by atoms with van der Waals surface area (Å²) in [4.78, 5) is 25.4. The molecule has 0 unspecified atom stereocenters. The van der Waals surface area contributed by atoms with Crippen LogP contribution in [0.3, 0.4) is 0 Å². The maximum Gasteiger partial charge on any atom is 0.343 e. The minimum absolute atomic E-state index is 0.0293. The molecule has 6 rings (SSSR count). The number of fused-ring (bicyclic) bond motifs is 4. The summed E-state index contributed by atoms with van der Waals surface area (Å²) in [7, 11) is 1.57. The molecular formula is C29H24O7. The van der Waals surface area contributed by atoms with Crippen LogP contribution in [0.5, 0.6) is 23.0 Å². The number of esters is 1. The molecule has 7 heteroatoms. The number of para-hydroxylation sites is 1. The number of hydrogen-bond donors (Lipinski definition) is 0. The van der Waals surface area contributed by atoms with Crippen LogP contribution in [0.1, 0.15) is 34.6 Å². The largest absolute Gasteiger partial charge is 0.493 e. The van der Waals surface area contributed by atoms with Crippen LogP contribution >= 0.6 is 0 Å². The molecule has 0 saturated heterocycles. The van der Waals surface area contributed by atoms with E-state index in [0.29, 0.717) is 34.6 Å². The lowest BCUT2D eigenvalue weighted by Crippen LogP contribution is -2.26. The van der Waals surface area contributed by atoms with Gasteiger partial charge in [0.05, 0.1) is 37.7 Å². The predicted octanol–water partition coefficient (Wildman–Crippen LogP) is 4.80. The van der Waals surface area contributed by atoms with E-state index in [-0.39, 0.29) is 12.2 Å². The van der Waals surface area contributed by atoms with Gasteiger partial charge >= 0.3 is 11.6 Å². The molecule has 3 heterocycles. The molecule has 0 bridgehead atoms. The van der Waals surface area contributed by atoms with Crippen molar-refractivity contribution >= 4 is 16.9 Å². The molecule has 36 heavy (non-hydrogen) atoms. The minimum atomic E-state index is -0.515. The van der Waals surface area contributed by atoms with Crippen molar-refractivity contribution in [2.24, 2.45) is 0 Å². The highest BCUT2D eigenvalue weighted by molar-refractivity contribution is 5.90. The Hall–Kier alpha value is -4.26. The first-order valence-electron chi connectivity index (χ1n) is 11.9. The van der Waals surface area contributed by atoms with Gasteiger partial charge < -0.3 is 23.4 Å². The van der Waals surface area contributed by atoms with E-state index in [0.717, 1.165) is 30.8 Å². The number of benzene rings is 3. The molecule has 0 aliphatic carbocycles. The summed E-state index contributed by atoms with van der Waals surface area (Å²) in [6, 6.07) is 18.7. The average molecular weight is 485 g/mol. The van der Waals surface area contributed by atoms with E-state index < -0.39 is 17.5 Å². The smallest absolute Gasteiger partial charge is 0.343 e. The summed E-state index contributed by atoms with van der Waals surface area (Å²) in [6.07, 6.45) is 1.71. The highest BCUT2D eigenvalue weighted by Gasteiger charge is 2.34. The van der Waals surface area contributed by atoms with Crippen molar-refractivity contribution < 1.29 is 28.2 Å². The highest BCUT2D eigenvalue weighted by atomic mass is 16.5. The van der Waals surface area contributed by atoms with Gasteiger partial charge in [0, 0.05) is 18.8 Å². The Balaban J connectivity index is 1.26. The van der Waals surface area contributed by atoms with E-state index >= 15 is 0 Å². The molecule has 182 valence electrons. The molecule has 7 nitrogen and oxygen atoms in total. The lowest BCUT2D eigenvalue weighted by molar-refractivity contribution is -0.135. The van der Waals surface area contributed by atoms with E-state index in [1.807, 2.05) is 30.3 Å². The van der Waals surface area contributed by atoms with E-state index in [1.54, 1.807) is 25.3 Å². The summed E-state index contributed by atoms with van der Waals surface area (Å²) in [6.45, 7) is 1.21. The summed E-state index contributed by atoms with van der Waals surface area (Å²) in [5.74, 6) is 1.44. The first-order valence-corrected chi connectivity index (χ1v) is 11.9. The van der Waals surface area contributed by atoms with Crippen LogP contribution in [0.2, 0.25) is 0 Å². The van der Waals surface area contributed by atoms with Gasteiger partial charge in [-0.05, 0) is 47.0 Å². The van der Waals surface area contributed by atoms with Gasteiger partial charge in [0.2, 0.25) is 0 Å². The van der Waals surface area contributed by atoms with E-state index in [9.17, 15) is 9.59 Å². The fourth-order valence-corrected chi connectivity index (χ4v) is 4.95. The van der Waals surface area contributed by atoms with Crippen molar-refractivity contribution in [2.75, 3.05) is 20.3 Å². The third-order valence-corrected chi connectivity index (χ3v) is 6.73. The number of methoxy groups -OCH3 is 1. The van der Waals surface area contributed by atoms with Crippen LogP contribution in [0.25, 0.3) is 11.0 Å². The second kappa shape index (κ2) is 9.07. The summed E-state index contributed by atoms with van der Waals surface area (Å²) < 4.78 is 28.3. The molecular weight excluding hydrogens is 460 g/mol. The molecule has 4 aromatic rings. The molecule has 3 aromatic carbocycles. The quantitative estimate of drug-likeness (QED) is 0.287. The summed E-state index contributed by atoms with van der Waals surface area (Å²) >= 11 is 0. The monoisotopic (exact) mass is 484 g/mol. The first kappa shape index (κ1) is 22.2. The second-order valence-electron chi connectivity index (χ2n) is 8.91. The lowest BCUT2D eigenvalue weighted by atomic mass is 9.86. The van der Waals surface area contributed by atoms with Gasteiger partial charge in [-0.15, -0.1) is 0 Å². The zero-order chi connectivity index (χ0) is 24.6. The van der Waals surface area contributed by atoms with E-state index in [4.69, 9.17) is 23.4 Å². The Morgan fingerprint density at radius 3 is 2.78 bits per heavy atom. The Kier molecular flexibility index (Phi) is 5.60. The average Bonchev–Trinajstić information content (AvgIpc) is 3.36. The van der Waals surface area contributed by atoms with Crippen LogP contribution in [0.15, 0.2) is 69.9 Å². The van der Waals surface area contributed by atoms with Gasteiger partial charge in [-0.2, -0.15) is 0 Å². The molecule has 0 radical (unpaired) electrons. The summed E-state index contributed by atoms with van der Waals surface area (Å²) in [5, 5.41) is 0.593. The molecule has 2 aliphatic heterocycles. The highest BCUT2D eigenvalue weighted by Crippen LogP contribution is 2.42. The maximum absolute atomic E-state index is 12.9. The molecule has 0 amide bonds. The fourth-order valence-electron chi connectivity index (χ4n) is 4.95. The number of hydrogen-bond acceptors (Lipinski definition) is 7. The Morgan fingerprint density at radius 2 is 1.89 bits per heavy atom. The molecule has 0 spiro atoms. The summed E-state index contributed by atoms with van der Waals surface area (Å²) in [5.41, 5.74) is 3.37. The van der Waals surface area contributed by atoms with E-state index in [1.165, 1.54) is 11.1 Å².